The highest BCUT2D eigenvalue weighted by Crippen LogP contribution is 2.22. The van der Waals surface area contributed by atoms with Gasteiger partial charge in [-0.3, -0.25) is 0 Å². The van der Waals surface area contributed by atoms with Gasteiger partial charge in [-0.15, -0.1) is 0 Å². The third kappa shape index (κ3) is 2.60. The summed E-state index contributed by atoms with van der Waals surface area (Å²) >= 11 is 11.4. The van der Waals surface area contributed by atoms with Crippen LogP contribution >= 0.6 is 23.2 Å². The molecule has 0 fully saturated rings. The molecular weight excluding hydrogens is 183 g/mol. The predicted molar refractivity (Wildman–Crippen MR) is 46.5 cm³/mol. The molecular formula is C8H7Cl2O. The lowest BCUT2D eigenvalue weighted by atomic mass is 10.3. The van der Waals surface area contributed by atoms with E-state index in [2.05, 4.69) is 6.07 Å². The van der Waals surface area contributed by atoms with Gasteiger partial charge >= 0.3 is 0 Å². The Morgan fingerprint density at radius 2 is 2.18 bits per heavy atom. The second-order valence-corrected chi connectivity index (χ2v) is 2.79. The lowest BCUT2D eigenvalue weighted by Gasteiger charge is -2.02. The molecule has 0 spiro atoms. The molecule has 3 heteroatoms. The topological polar surface area (TPSA) is 9.23 Å². The van der Waals surface area contributed by atoms with Crippen LogP contribution in [0.4, 0.5) is 0 Å². The Bertz CT molecular complexity index is 228. The van der Waals surface area contributed by atoms with Crippen LogP contribution in [0.3, 0.4) is 0 Å². The van der Waals surface area contributed by atoms with Crippen molar-refractivity contribution in [1.29, 1.82) is 0 Å². The number of ether oxygens (including phenoxy) is 1. The Morgan fingerprint density at radius 1 is 1.45 bits per heavy atom. The van der Waals surface area contributed by atoms with E-state index in [4.69, 9.17) is 27.9 Å². The van der Waals surface area contributed by atoms with Crippen molar-refractivity contribution in [3.8, 4) is 5.75 Å². The van der Waals surface area contributed by atoms with E-state index in [1.54, 1.807) is 12.1 Å². The first-order valence-electron chi connectivity index (χ1n) is 3.23. The van der Waals surface area contributed by atoms with Crippen molar-refractivity contribution in [3.63, 3.8) is 0 Å². The summed E-state index contributed by atoms with van der Waals surface area (Å²) in [6.07, 6.45) is 0. The van der Waals surface area contributed by atoms with E-state index in [1.807, 2.05) is 6.92 Å². The molecule has 0 saturated heterocycles. The van der Waals surface area contributed by atoms with Gasteiger partial charge in [0, 0.05) is 11.1 Å². The quantitative estimate of drug-likeness (QED) is 0.695. The van der Waals surface area contributed by atoms with Crippen LogP contribution in [0.2, 0.25) is 10.0 Å². The molecule has 1 aromatic rings. The summed E-state index contributed by atoms with van der Waals surface area (Å²) in [5.41, 5.74) is 0. The summed E-state index contributed by atoms with van der Waals surface area (Å²) < 4.78 is 5.14. The Kier molecular flexibility index (Phi) is 3.03. The Labute approximate surface area is 75.9 Å². The number of hydrogen-bond donors (Lipinski definition) is 0. The average molecular weight is 190 g/mol. The molecule has 59 valence electrons. The Hall–Kier alpha value is -0.400. The van der Waals surface area contributed by atoms with E-state index >= 15 is 0 Å². The number of halogens is 2. The van der Waals surface area contributed by atoms with Gasteiger partial charge in [0.1, 0.15) is 5.75 Å². The van der Waals surface area contributed by atoms with Gasteiger partial charge in [-0.05, 0) is 19.1 Å². The number of rotatable bonds is 2. The fourth-order valence-electron chi connectivity index (χ4n) is 0.711. The second-order valence-electron chi connectivity index (χ2n) is 1.94. The molecule has 0 saturated carbocycles. The van der Waals surface area contributed by atoms with Crippen molar-refractivity contribution in [2.75, 3.05) is 6.61 Å². The summed E-state index contributed by atoms with van der Waals surface area (Å²) in [7, 11) is 0. The van der Waals surface area contributed by atoms with Crippen molar-refractivity contribution < 1.29 is 4.74 Å². The first kappa shape index (κ1) is 8.69. The molecule has 0 heterocycles. The van der Waals surface area contributed by atoms with E-state index < -0.39 is 0 Å². The van der Waals surface area contributed by atoms with Crippen LogP contribution in [0.15, 0.2) is 12.1 Å². The molecule has 0 bridgehead atoms. The van der Waals surface area contributed by atoms with Crippen LogP contribution in [0.5, 0.6) is 5.75 Å². The first-order valence-corrected chi connectivity index (χ1v) is 3.99. The highest BCUT2D eigenvalue weighted by Gasteiger charge is 1.97. The van der Waals surface area contributed by atoms with Gasteiger partial charge < -0.3 is 4.74 Å². The molecule has 1 nitrogen and oxygen atoms in total. The van der Waals surface area contributed by atoms with Gasteiger partial charge in [-0.2, -0.15) is 0 Å². The zero-order valence-corrected chi connectivity index (χ0v) is 7.54. The fourth-order valence-corrected chi connectivity index (χ4v) is 1.19. The normalized spacial score (nSPS) is 9.73. The minimum Gasteiger partial charge on any atom is -0.493 e. The third-order valence-corrected chi connectivity index (χ3v) is 1.50. The van der Waals surface area contributed by atoms with E-state index in [1.165, 1.54) is 0 Å². The van der Waals surface area contributed by atoms with Gasteiger partial charge in [0.25, 0.3) is 0 Å². The molecule has 0 aromatic heterocycles. The van der Waals surface area contributed by atoms with E-state index in [0.717, 1.165) is 0 Å². The number of hydrogen-bond acceptors (Lipinski definition) is 1. The minimum absolute atomic E-state index is 0.473. The lowest BCUT2D eigenvalue weighted by Crippen LogP contribution is -1.90. The monoisotopic (exact) mass is 189 g/mol. The van der Waals surface area contributed by atoms with Crippen molar-refractivity contribution >= 4 is 23.2 Å². The standard InChI is InChI=1S/C8H7Cl2O/c1-2-11-8-4-6(9)3-7(10)5-8/h3-4H,2H2,1H3. The molecule has 0 aliphatic heterocycles. The van der Waals surface area contributed by atoms with Crippen LogP contribution in [-0.2, 0) is 0 Å². The summed E-state index contributed by atoms with van der Waals surface area (Å²) in [6, 6.07) is 6.10. The molecule has 11 heavy (non-hydrogen) atoms. The van der Waals surface area contributed by atoms with Gasteiger partial charge in [0.05, 0.1) is 11.6 Å². The van der Waals surface area contributed by atoms with Crippen molar-refractivity contribution in [3.05, 3.63) is 28.2 Å². The van der Waals surface area contributed by atoms with Crippen molar-refractivity contribution in [2.45, 2.75) is 6.92 Å². The molecule has 1 rings (SSSR count). The van der Waals surface area contributed by atoms with Gasteiger partial charge in [-0.1, -0.05) is 23.2 Å². The maximum absolute atomic E-state index is 5.70. The molecule has 0 amide bonds. The van der Waals surface area contributed by atoms with Crippen LogP contribution in [0.25, 0.3) is 0 Å². The average Bonchev–Trinajstić information content (AvgIpc) is 1.85. The highest BCUT2D eigenvalue weighted by atomic mass is 35.5. The summed E-state index contributed by atoms with van der Waals surface area (Å²) in [5.74, 6) is 0.588. The summed E-state index contributed by atoms with van der Waals surface area (Å²) in [6.45, 7) is 2.48. The van der Waals surface area contributed by atoms with Crippen LogP contribution in [-0.4, -0.2) is 6.61 Å². The van der Waals surface area contributed by atoms with Crippen LogP contribution in [0.1, 0.15) is 6.92 Å². The first-order chi connectivity index (χ1) is 5.22. The van der Waals surface area contributed by atoms with Crippen LogP contribution in [0, 0.1) is 6.07 Å². The smallest absolute Gasteiger partial charge is 0.130 e. The Morgan fingerprint density at radius 3 is 2.73 bits per heavy atom. The molecule has 0 atom stereocenters. The van der Waals surface area contributed by atoms with Gasteiger partial charge in [-0.25, -0.2) is 0 Å². The molecule has 0 unspecified atom stereocenters. The van der Waals surface area contributed by atoms with Gasteiger partial charge in [0.2, 0.25) is 0 Å². The maximum Gasteiger partial charge on any atom is 0.130 e. The molecule has 0 aliphatic carbocycles. The SMILES string of the molecule is CCOc1[c]c(Cl)cc(Cl)c1. The zero-order chi connectivity index (χ0) is 8.27. The summed E-state index contributed by atoms with van der Waals surface area (Å²) in [5, 5.41) is 1.04. The number of benzene rings is 1. The second kappa shape index (κ2) is 3.84. The van der Waals surface area contributed by atoms with Gasteiger partial charge in [0.15, 0.2) is 0 Å². The molecule has 0 aliphatic rings. The van der Waals surface area contributed by atoms with E-state index in [0.29, 0.717) is 22.4 Å². The maximum atomic E-state index is 5.70. The van der Waals surface area contributed by atoms with E-state index in [-0.39, 0.29) is 0 Å². The summed E-state index contributed by atoms with van der Waals surface area (Å²) in [4.78, 5) is 0. The minimum atomic E-state index is 0.473. The predicted octanol–water partition coefficient (Wildman–Crippen LogP) is 3.19. The lowest BCUT2D eigenvalue weighted by molar-refractivity contribution is 0.339. The highest BCUT2D eigenvalue weighted by molar-refractivity contribution is 6.34. The molecule has 1 aromatic carbocycles. The zero-order valence-electron chi connectivity index (χ0n) is 6.03. The Balaban J connectivity index is 2.89. The van der Waals surface area contributed by atoms with Crippen molar-refractivity contribution in [2.24, 2.45) is 0 Å². The molecule has 1 radical (unpaired) electrons. The molecule has 0 N–H and O–H groups in total. The fraction of sp³-hybridized carbons (Fsp3) is 0.250. The van der Waals surface area contributed by atoms with Crippen LogP contribution < -0.4 is 4.74 Å². The van der Waals surface area contributed by atoms with E-state index in [9.17, 15) is 0 Å². The van der Waals surface area contributed by atoms with Crippen molar-refractivity contribution in [1.82, 2.24) is 0 Å². The largest absolute Gasteiger partial charge is 0.493 e. The third-order valence-electron chi connectivity index (χ3n) is 1.08.